The maximum Gasteiger partial charge on any atom is 0.306 e. The summed E-state index contributed by atoms with van der Waals surface area (Å²) in [7, 11) is 0. The highest BCUT2D eigenvalue weighted by Gasteiger charge is 2.73. The molecule has 3 fully saturated rings. The zero-order chi connectivity index (χ0) is 27.3. The van der Waals surface area contributed by atoms with Crippen molar-refractivity contribution in [3.63, 3.8) is 0 Å². The number of allylic oxidation sites excluding steroid dienone is 6. The highest BCUT2D eigenvalue weighted by molar-refractivity contribution is 6.21. The number of esters is 2. The van der Waals surface area contributed by atoms with Gasteiger partial charge in [-0.05, 0) is 43.6 Å². The van der Waals surface area contributed by atoms with E-state index in [0.717, 1.165) is 5.57 Å². The molecule has 0 aromatic carbocycles. The number of Topliss-reactive ketones (excluding diaryl/α,β-unsaturated/α-hetero) is 1. The largest absolute Gasteiger partial charge is 0.457 e. The molecule has 3 saturated carbocycles. The Hall–Kier alpha value is -1.92. The van der Waals surface area contributed by atoms with Gasteiger partial charge in [0.05, 0.1) is 6.10 Å². The van der Waals surface area contributed by atoms with Crippen molar-refractivity contribution in [2.45, 2.75) is 90.7 Å². The first-order chi connectivity index (χ1) is 17.4. The second kappa shape index (κ2) is 10.00. The Balaban J connectivity index is 1.79. The standard InChI is InChI=1S/C30H41ClO6/c1-7-18-10-11-28(5)19(13-18)14-21(31)26-20-12-17(4)30(37-25(35)9-3,23(33)16-36-24(34)8-2)29(20,6)15-22(32)27(26)28/h7,10-11,13,17,20-22,26-27,32H,8-9,12,14-16H2,1-6H3/b18-7+/t17-,20+,21-,22+,26-,27+,28+,29+,30-/m1/s1. The number of ether oxygens (including phenoxy) is 2. The van der Waals surface area contributed by atoms with E-state index in [-0.39, 0.29) is 47.3 Å². The van der Waals surface area contributed by atoms with Crippen LogP contribution in [0.25, 0.3) is 0 Å². The molecule has 0 aromatic heterocycles. The van der Waals surface area contributed by atoms with E-state index in [0.29, 0.717) is 19.3 Å². The lowest BCUT2D eigenvalue weighted by atomic mass is 9.46. The number of carbonyl (C=O) groups is 3. The normalized spacial score (nSPS) is 43.4. The molecule has 0 radical (unpaired) electrons. The van der Waals surface area contributed by atoms with Gasteiger partial charge in [0, 0.05) is 40.9 Å². The second-order valence-electron chi connectivity index (χ2n) is 11.8. The predicted molar refractivity (Wildman–Crippen MR) is 142 cm³/mol. The number of fused-ring (bicyclic) bond motifs is 5. The number of ketones is 1. The summed E-state index contributed by atoms with van der Waals surface area (Å²) in [4.78, 5) is 38.6. The van der Waals surface area contributed by atoms with E-state index >= 15 is 0 Å². The van der Waals surface area contributed by atoms with Crippen molar-refractivity contribution < 1.29 is 29.0 Å². The summed E-state index contributed by atoms with van der Waals surface area (Å²) in [5, 5.41) is 11.6. The van der Waals surface area contributed by atoms with Gasteiger partial charge >= 0.3 is 11.9 Å². The van der Waals surface area contributed by atoms with Crippen LogP contribution in [0.2, 0.25) is 0 Å². The molecule has 0 amide bonds. The van der Waals surface area contributed by atoms with Gasteiger partial charge < -0.3 is 14.6 Å². The topological polar surface area (TPSA) is 89.9 Å². The smallest absolute Gasteiger partial charge is 0.306 e. The third-order valence-electron chi connectivity index (χ3n) is 10.0. The Bertz CT molecular complexity index is 1060. The zero-order valence-corrected chi connectivity index (χ0v) is 23.6. The van der Waals surface area contributed by atoms with Crippen molar-refractivity contribution in [3.8, 4) is 0 Å². The highest BCUT2D eigenvalue weighted by Crippen LogP contribution is 2.69. The summed E-state index contributed by atoms with van der Waals surface area (Å²) in [5.74, 6) is -1.94. The van der Waals surface area contributed by atoms with Crippen LogP contribution >= 0.6 is 11.6 Å². The van der Waals surface area contributed by atoms with Gasteiger partial charge in [-0.15, -0.1) is 11.6 Å². The minimum absolute atomic E-state index is 0.0521. The summed E-state index contributed by atoms with van der Waals surface area (Å²) >= 11 is 7.17. The van der Waals surface area contributed by atoms with Crippen LogP contribution in [0.15, 0.2) is 35.5 Å². The quantitative estimate of drug-likeness (QED) is 0.368. The molecule has 6 nitrogen and oxygen atoms in total. The van der Waals surface area contributed by atoms with Gasteiger partial charge in [-0.3, -0.25) is 14.4 Å². The highest BCUT2D eigenvalue weighted by atomic mass is 35.5. The van der Waals surface area contributed by atoms with Crippen molar-refractivity contribution in [2.75, 3.05) is 6.61 Å². The Labute approximate surface area is 225 Å². The van der Waals surface area contributed by atoms with E-state index in [2.05, 4.69) is 31.2 Å². The van der Waals surface area contributed by atoms with Gasteiger partial charge in [0.1, 0.15) is 0 Å². The van der Waals surface area contributed by atoms with E-state index in [4.69, 9.17) is 21.1 Å². The van der Waals surface area contributed by atoms with E-state index in [9.17, 15) is 19.5 Å². The molecule has 0 unspecified atom stereocenters. The zero-order valence-electron chi connectivity index (χ0n) is 22.9. The molecule has 4 aliphatic carbocycles. The number of aliphatic hydroxyl groups is 1. The Kier molecular flexibility index (Phi) is 7.59. The van der Waals surface area contributed by atoms with Crippen molar-refractivity contribution in [2.24, 2.45) is 34.5 Å². The monoisotopic (exact) mass is 532 g/mol. The Morgan fingerprint density at radius 2 is 1.86 bits per heavy atom. The minimum atomic E-state index is -1.50. The number of aliphatic hydroxyl groups excluding tert-OH is 1. The second-order valence-corrected chi connectivity index (χ2v) is 12.4. The summed E-state index contributed by atoms with van der Waals surface area (Å²) in [6, 6.07) is 0. The van der Waals surface area contributed by atoms with Crippen LogP contribution in [-0.4, -0.2) is 46.5 Å². The fourth-order valence-electron chi connectivity index (χ4n) is 8.26. The van der Waals surface area contributed by atoms with Crippen LogP contribution in [0.1, 0.15) is 73.6 Å². The van der Waals surface area contributed by atoms with Gasteiger partial charge in [-0.1, -0.05) is 64.5 Å². The predicted octanol–water partition coefficient (Wildman–Crippen LogP) is 5.32. The molecule has 1 N–H and O–H groups in total. The lowest BCUT2D eigenvalue weighted by molar-refractivity contribution is -0.205. The number of hydrogen-bond acceptors (Lipinski definition) is 6. The first-order valence-electron chi connectivity index (χ1n) is 13.7. The molecular weight excluding hydrogens is 492 g/mol. The van der Waals surface area contributed by atoms with Crippen LogP contribution < -0.4 is 0 Å². The Morgan fingerprint density at radius 3 is 2.49 bits per heavy atom. The maximum atomic E-state index is 13.9. The fourth-order valence-corrected chi connectivity index (χ4v) is 8.76. The van der Waals surface area contributed by atoms with Crippen LogP contribution in [0, 0.1) is 34.5 Å². The van der Waals surface area contributed by atoms with Gasteiger partial charge in [0.2, 0.25) is 5.78 Å². The van der Waals surface area contributed by atoms with E-state index in [1.54, 1.807) is 13.8 Å². The average molecular weight is 533 g/mol. The molecule has 4 aliphatic rings. The minimum Gasteiger partial charge on any atom is -0.457 e. The van der Waals surface area contributed by atoms with Crippen molar-refractivity contribution in [1.29, 1.82) is 0 Å². The summed E-state index contributed by atoms with van der Waals surface area (Å²) < 4.78 is 11.4. The van der Waals surface area contributed by atoms with E-state index < -0.39 is 41.4 Å². The third kappa shape index (κ3) is 4.14. The Morgan fingerprint density at radius 1 is 1.19 bits per heavy atom. The first kappa shape index (κ1) is 28.1. The molecule has 37 heavy (non-hydrogen) atoms. The van der Waals surface area contributed by atoms with Crippen LogP contribution in [0.5, 0.6) is 0 Å². The molecule has 0 heterocycles. The van der Waals surface area contributed by atoms with Crippen molar-refractivity contribution in [1.82, 2.24) is 0 Å². The number of hydrogen-bond donors (Lipinski definition) is 1. The number of carbonyl (C=O) groups excluding carboxylic acids is 3. The molecule has 0 spiro atoms. The third-order valence-corrected chi connectivity index (χ3v) is 10.5. The van der Waals surface area contributed by atoms with Crippen molar-refractivity contribution >= 4 is 29.3 Å². The van der Waals surface area contributed by atoms with Gasteiger partial charge in [0.25, 0.3) is 0 Å². The van der Waals surface area contributed by atoms with Gasteiger partial charge in [0.15, 0.2) is 12.2 Å². The fraction of sp³-hybridized carbons (Fsp3) is 0.700. The lowest BCUT2D eigenvalue weighted by Crippen LogP contribution is -2.65. The molecule has 7 heteroatoms. The summed E-state index contributed by atoms with van der Waals surface area (Å²) in [5.41, 5.74) is -0.343. The molecule has 4 rings (SSSR count). The molecule has 0 aliphatic heterocycles. The van der Waals surface area contributed by atoms with Crippen molar-refractivity contribution in [3.05, 3.63) is 35.5 Å². The maximum absolute atomic E-state index is 13.9. The number of rotatable bonds is 6. The molecular formula is C30H41ClO6. The average Bonchev–Trinajstić information content (AvgIpc) is 3.08. The number of halogens is 1. The van der Waals surface area contributed by atoms with Gasteiger partial charge in [-0.2, -0.15) is 0 Å². The molecule has 204 valence electrons. The van der Waals surface area contributed by atoms with Gasteiger partial charge in [-0.25, -0.2) is 0 Å². The lowest BCUT2D eigenvalue weighted by Gasteiger charge is -2.61. The molecule has 0 aromatic rings. The summed E-state index contributed by atoms with van der Waals surface area (Å²) in [6.07, 6.45) is 9.73. The first-order valence-corrected chi connectivity index (χ1v) is 14.1. The van der Waals surface area contributed by atoms with Crippen LogP contribution in [0.4, 0.5) is 0 Å². The molecule has 0 saturated heterocycles. The summed E-state index contributed by atoms with van der Waals surface area (Å²) in [6.45, 7) is 11.0. The van der Waals surface area contributed by atoms with E-state index in [1.165, 1.54) is 5.57 Å². The number of alkyl halides is 1. The SMILES string of the molecule is C/C=C1\C=C[C@@]2(C)C(=C1)C[C@@H](Cl)[C@@H]1[C@@H]2[C@@H](O)C[C@@]2(C)[C@H]1C[C@@H](C)[C@@]2(OC(=O)CC)C(=O)COC(=O)CC. The van der Waals surface area contributed by atoms with Crippen LogP contribution in [-0.2, 0) is 23.9 Å². The van der Waals surface area contributed by atoms with E-state index in [1.807, 2.05) is 20.8 Å². The molecule has 0 bridgehead atoms. The van der Waals surface area contributed by atoms with Crippen LogP contribution in [0.3, 0.4) is 0 Å². The molecule has 9 atom stereocenters.